The van der Waals surface area contributed by atoms with Crippen molar-refractivity contribution in [1.82, 2.24) is 5.32 Å². The Bertz CT molecular complexity index is 925. The Morgan fingerprint density at radius 1 is 1.07 bits per heavy atom. The maximum Gasteiger partial charge on any atom is 0.238 e. The van der Waals surface area contributed by atoms with Crippen molar-refractivity contribution in [2.24, 2.45) is 0 Å². The molecule has 0 aromatic heterocycles. The summed E-state index contributed by atoms with van der Waals surface area (Å²) in [6.07, 6.45) is 1.82. The van der Waals surface area contributed by atoms with Gasteiger partial charge in [-0.2, -0.15) is 0 Å². The molecule has 0 bridgehead atoms. The van der Waals surface area contributed by atoms with Gasteiger partial charge in [0.15, 0.2) is 9.84 Å². The van der Waals surface area contributed by atoms with Gasteiger partial charge in [0.2, 0.25) is 5.91 Å². The minimum atomic E-state index is -3.49. The van der Waals surface area contributed by atoms with Gasteiger partial charge in [0.1, 0.15) is 5.82 Å². The van der Waals surface area contributed by atoms with Gasteiger partial charge < -0.3 is 10.6 Å². The van der Waals surface area contributed by atoms with E-state index in [0.29, 0.717) is 5.92 Å². The molecule has 5 nitrogen and oxygen atoms in total. The molecule has 0 heterocycles. The molecule has 0 unspecified atom stereocenters. The fraction of sp³-hybridized carbons (Fsp3) is 0.381. The number of benzene rings is 2. The SMILES string of the molecule is CC[C@@H](NCC(=O)Nc1cc(S(C)(=O)=O)ccc1F)c1ccc(C(C)C)cc1. The summed E-state index contributed by atoms with van der Waals surface area (Å²) < 4.78 is 37.1. The van der Waals surface area contributed by atoms with Crippen LogP contribution in [-0.2, 0) is 14.6 Å². The molecule has 7 heteroatoms. The largest absolute Gasteiger partial charge is 0.322 e. The summed E-state index contributed by atoms with van der Waals surface area (Å²) in [5, 5.41) is 5.60. The highest BCUT2D eigenvalue weighted by Gasteiger charge is 2.15. The molecule has 0 aliphatic rings. The van der Waals surface area contributed by atoms with E-state index in [1.807, 2.05) is 19.1 Å². The van der Waals surface area contributed by atoms with Gasteiger partial charge in [0.05, 0.1) is 17.1 Å². The average molecular weight is 407 g/mol. The van der Waals surface area contributed by atoms with E-state index in [0.717, 1.165) is 30.4 Å². The van der Waals surface area contributed by atoms with Crippen LogP contribution in [0.15, 0.2) is 47.4 Å². The summed E-state index contributed by atoms with van der Waals surface area (Å²) in [6, 6.07) is 11.6. The van der Waals surface area contributed by atoms with Gasteiger partial charge in [-0.3, -0.25) is 4.79 Å². The summed E-state index contributed by atoms with van der Waals surface area (Å²) in [6.45, 7) is 6.26. The van der Waals surface area contributed by atoms with Crippen LogP contribution >= 0.6 is 0 Å². The summed E-state index contributed by atoms with van der Waals surface area (Å²) >= 11 is 0. The smallest absolute Gasteiger partial charge is 0.238 e. The van der Waals surface area contributed by atoms with Crippen molar-refractivity contribution in [3.05, 3.63) is 59.4 Å². The van der Waals surface area contributed by atoms with E-state index < -0.39 is 21.6 Å². The predicted molar refractivity (Wildman–Crippen MR) is 110 cm³/mol. The van der Waals surface area contributed by atoms with Crippen molar-refractivity contribution in [3.8, 4) is 0 Å². The topological polar surface area (TPSA) is 75.3 Å². The van der Waals surface area contributed by atoms with Gasteiger partial charge in [-0.15, -0.1) is 0 Å². The van der Waals surface area contributed by atoms with Gasteiger partial charge in [-0.05, 0) is 41.7 Å². The first-order chi connectivity index (χ1) is 13.1. The van der Waals surface area contributed by atoms with Crippen LogP contribution in [-0.4, -0.2) is 27.1 Å². The third kappa shape index (κ3) is 5.87. The molecule has 2 aromatic rings. The quantitative estimate of drug-likeness (QED) is 0.649. The van der Waals surface area contributed by atoms with E-state index in [-0.39, 0.29) is 23.2 Å². The lowest BCUT2D eigenvalue weighted by Crippen LogP contribution is -2.31. The maximum absolute atomic E-state index is 13.9. The Kier molecular flexibility index (Phi) is 7.32. The third-order valence-electron chi connectivity index (χ3n) is 4.56. The van der Waals surface area contributed by atoms with Crippen molar-refractivity contribution >= 4 is 21.4 Å². The fourth-order valence-corrected chi connectivity index (χ4v) is 3.50. The summed E-state index contributed by atoms with van der Waals surface area (Å²) in [4.78, 5) is 12.2. The van der Waals surface area contributed by atoms with Gasteiger partial charge in [0, 0.05) is 12.3 Å². The lowest BCUT2D eigenvalue weighted by molar-refractivity contribution is -0.115. The molecule has 28 heavy (non-hydrogen) atoms. The zero-order valence-corrected chi connectivity index (χ0v) is 17.4. The molecule has 0 fully saturated rings. The highest BCUT2D eigenvalue weighted by atomic mass is 32.2. The van der Waals surface area contributed by atoms with E-state index in [2.05, 4.69) is 36.6 Å². The van der Waals surface area contributed by atoms with Gasteiger partial charge in [0.25, 0.3) is 0 Å². The Morgan fingerprint density at radius 3 is 2.21 bits per heavy atom. The summed E-state index contributed by atoms with van der Waals surface area (Å²) in [5.41, 5.74) is 2.17. The molecular weight excluding hydrogens is 379 g/mol. The number of hydrogen-bond acceptors (Lipinski definition) is 4. The molecule has 0 saturated carbocycles. The first-order valence-corrected chi connectivity index (χ1v) is 11.1. The van der Waals surface area contributed by atoms with Crippen LogP contribution in [0.1, 0.15) is 50.3 Å². The minimum Gasteiger partial charge on any atom is -0.322 e. The monoisotopic (exact) mass is 406 g/mol. The highest BCUT2D eigenvalue weighted by molar-refractivity contribution is 7.90. The van der Waals surface area contributed by atoms with Crippen molar-refractivity contribution < 1.29 is 17.6 Å². The number of amides is 1. The second-order valence-electron chi connectivity index (χ2n) is 7.13. The van der Waals surface area contributed by atoms with Crippen molar-refractivity contribution in [2.45, 2.75) is 44.0 Å². The van der Waals surface area contributed by atoms with Gasteiger partial charge in [-0.1, -0.05) is 45.0 Å². The number of rotatable bonds is 8. The molecule has 1 atom stereocenters. The van der Waals surface area contributed by atoms with Crippen LogP contribution in [0.25, 0.3) is 0 Å². The zero-order chi connectivity index (χ0) is 20.9. The predicted octanol–water partition coefficient (Wildman–Crippen LogP) is 4.03. The van der Waals surface area contributed by atoms with Crippen LogP contribution in [0.3, 0.4) is 0 Å². The number of nitrogens with one attached hydrogen (secondary N) is 2. The van der Waals surface area contributed by atoms with Crippen molar-refractivity contribution in [2.75, 3.05) is 18.1 Å². The van der Waals surface area contributed by atoms with Crippen LogP contribution < -0.4 is 10.6 Å². The number of halogens is 1. The molecule has 1 amide bonds. The summed E-state index contributed by atoms with van der Waals surface area (Å²) in [7, 11) is -3.49. The lowest BCUT2D eigenvalue weighted by Gasteiger charge is -2.18. The number of hydrogen-bond donors (Lipinski definition) is 2. The summed E-state index contributed by atoms with van der Waals surface area (Å²) in [5.74, 6) is -0.677. The molecule has 2 aromatic carbocycles. The molecule has 0 spiro atoms. The Morgan fingerprint density at radius 2 is 1.68 bits per heavy atom. The molecule has 0 aliphatic carbocycles. The van der Waals surface area contributed by atoms with Gasteiger partial charge >= 0.3 is 0 Å². The van der Waals surface area contributed by atoms with E-state index in [9.17, 15) is 17.6 Å². The Balaban J connectivity index is 2.03. The number of sulfone groups is 1. The van der Waals surface area contributed by atoms with Crippen molar-refractivity contribution in [3.63, 3.8) is 0 Å². The van der Waals surface area contributed by atoms with E-state index in [4.69, 9.17) is 0 Å². The standard InChI is InChI=1S/C21H27FN2O3S/c1-5-19(16-8-6-15(7-9-16)14(2)3)23-13-21(25)24-20-12-17(28(4,26)27)10-11-18(20)22/h6-12,14,19,23H,5,13H2,1-4H3,(H,24,25)/t19-/m1/s1. The van der Waals surface area contributed by atoms with Crippen LogP contribution in [0.5, 0.6) is 0 Å². The van der Waals surface area contributed by atoms with Gasteiger partial charge in [-0.25, -0.2) is 12.8 Å². The molecule has 0 saturated heterocycles. The molecule has 152 valence electrons. The first kappa shape index (κ1) is 22.0. The average Bonchev–Trinajstić information content (AvgIpc) is 2.63. The van der Waals surface area contributed by atoms with Crippen LogP contribution in [0.4, 0.5) is 10.1 Å². The number of carbonyl (C=O) groups is 1. The Hall–Kier alpha value is -2.25. The highest BCUT2D eigenvalue weighted by Crippen LogP contribution is 2.21. The van der Waals surface area contributed by atoms with Crippen LogP contribution in [0, 0.1) is 5.82 Å². The van der Waals surface area contributed by atoms with Crippen molar-refractivity contribution in [1.29, 1.82) is 0 Å². The maximum atomic E-state index is 13.9. The molecule has 0 radical (unpaired) electrons. The van der Waals surface area contributed by atoms with E-state index >= 15 is 0 Å². The van der Waals surface area contributed by atoms with E-state index in [1.165, 1.54) is 11.6 Å². The normalized spacial score (nSPS) is 12.8. The van der Waals surface area contributed by atoms with E-state index in [1.54, 1.807) is 0 Å². The number of carbonyl (C=O) groups excluding carboxylic acids is 1. The fourth-order valence-electron chi connectivity index (χ4n) is 2.85. The molecule has 2 rings (SSSR count). The minimum absolute atomic E-state index is 0.0147. The second-order valence-corrected chi connectivity index (χ2v) is 9.14. The first-order valence-electron chi connectivity index (χ1n) is 9.24. The number of anilines is 1. The zero-order valence-electron chi connectivity index (χ0n) is 16.6. The Labute approximate surface area is 166 Å². The molecule has 0 aliphatic heterocycles. The lowest BCUT2D eigenvalue weighted by atomic mass is 9.98. The molecule has 2 N–H and O–H groups in total. The molecular formula is C21H27FN2O3S. The second kappa shape index (κ2) is 9.30. The van der Waals surface area contributed by atoms with Crippen LogP contribution in [0.2, 0.25) is 0 Å². The third-order valence-corrected chi connectivity index (χ3v) is 5.67.